The van der Waals surface area contributed by atoms with E-state index in [2.05, 4.69) is 58.7 Å². The third kappa shape index (κ3) is 7.57. The molecule has 0 saturated carbocycles. The highest BCUT2D eigenvalue weighted by atomic mass is 16.5. The average Bonchev–Trinajstić information content (AvgIpc) is 2.95. The molecule has 1 N–H and O–H groups in total. The molecule has 0 unspecified atom stereocenters. The maximum Gasteiger partial charge on any atom is 0.223 e. The van der Waals surface area contributed by atoms with Crippen molar-refractivity contribution in [3.63, 3.8) is 0 Å². The number of hydrogen-bond acceptors (Lipinski definition) is 5. The van der Waals surface area contributed by atoms with E-state index in [1.165, 1.54) is 16.7 Å². The molecule has 0 aliphatic carbocycles. The van der Waals surface area contributed by atoms with E-state index in [0.717, 1.165) is 25.2 Å². The molecule has 0 spiro atoms. The average molecular weight is 502 g/mol. The van der Waals surface area contributed by atoms with Crippen molar-refractivity contribution in [2.75, 3.05) is 40.4 Å². The molecular weight excluding hydrogens is 466 g/mol. The summed E-state index contributed by atoms with van der Waals surface area (Å²) in [5.41, 5.74) is 4.58. The van der Waals surface area contributed by atoms with Crippen LogP contribution < -0.4 is 14.8 Å². The summed E-state index contributed by atoms with van der Waals surface area (Å²) in [5, 5.41) is 2.88. The fraction of sp³-hybridized carbons (Fsp3) is 0.333. The molecule has 1 aliphatic heterocycles. The van der Waals surface area contributed by atoms with Gasteiger partial charge in [-0.05, 0) is 40.5 Å². The van der Waals surface area contributed by atoms with Gasteiger partial charge in [-0.3, -0.25) is 14.5 Å². The van der Waals surface area contributed by atoms with Crippen LogP contribution in [-0.2, 0) is 22.7 Å². The summed E-state index contributed by atoms with van der Waals surface area (Å²) in [6, 6.07) is 24.5. The van der Waals surface area contributed by atoms with E-state index in [0.29, 0.717) is 31.1 Å². The molecule has 0 radical (unpaired) electrons. The molecule has 0 aromatic heterocycles. The van der Waals surface area contributed by atoms with Crippen LogP contribution in [0.25, 0.3) is 11.1 Å². The van der Waals surface area contributed by atoms with Gasteiger partial charge < -0.3 is 19.7 Å². The van der Waals surface area contributed by atoms with E-state index in [4.69, 9.17) is 9.47 Å². The van der Waals surface area contributed by atoms with Crippen LogP contribution in [0.5, 0.6) is 11.5 Å². The Bertz CT molecular complexity index is 1170. The molecule has 2 amide bonds. The zero-order chi connectivity index (χ0) is 26.0. The maximum absolute atomic E-state index is 12.7. The van der Waals surface area contributed by atoms with Crippen LogP contribution in [0.4, 0.5) is 0 Å². The van der Waals surface area contributed by atoms with Crippen LogP contribution in [0, 0.1) is 0 Å². The molecule has 37 heavy (non-hydrogen) atoms. The van der Waals surface area contributed by atoms with Crippen LogP contribution >= 0.6 is 0 Å². The fourth-order valence-corrected chi connectivity index (χ4v) is 4.53. The first-order valence-electron chi connectivity index (χ1n) is 12.7. The van der Waals surface area contributed by atoms with Gasteiger partial charge in [-0.1, -0.05) is 48.5 Å². The highest BCUT2D eigenvalue weighted by molar-refractivity contribution is 5.83. The molecule has 1 fully saturated rings. The number of carbonyl (C=O) groups is 2. The Balaban J connectivity index is 1.19. The Morgan fingerprint density at radius 1 is 0.757 bits per heavy atom. The smallest absolute Gasteiger partial charge is 0.223 e. The summed E-state index contributed by atoms with van der Waals surface area (Å²) >= 11 is 0. The molecule has 0 atom stereocenters. The number of nitrogens with one attached hydrogen (secondary N) is 1. The van der Waals surface area contributed by atoms with Crippen LogP contribution in [0.15, 0.2) is 72.8 Å². The van der Waals surface area contributed by atoms with Crippen molar-refractivity contribution in [3.8, 4) is 22.6 Å². The fourth-order valence-electron chi connectivity index (χ4n) is 4.53. The molecule has 7 heteroatoms. The van der Waals surface area contributed by atoms with Crippen molar-refractivity contribution in [1.29, 1.82) is 0 Å². The summed E-state index contributed by atoms with van der Waals surface area (Å²) < 4.78 is 10.5. The summed E-state index contributed by atoms with van der Waals surface area (Å²) in [5.74, 6) is 1.22. The lowest BCUT2D eigenvalue weighted by Gasteiger charge is -2.35. The number of methoxy groups -OCH3 is 2. The zero-order valence-electron chi connectivity index (χ0n) is 21.6. The lowest BCUT2D eigenvalue weighted by molar-refractivity contribution is -0.135. The van der Waals surface area contributed by atoms with Crippen molar-refractivity contribution < 1.29 is 19.1 Å². The van der Waals surface area contributed by atoms with E-state index in [9.17, 15) is 9.59 Å². The lowest BCUT2D eigenvalue weighted by Crippen LogP contribution is -2.48. The molecule has 1 aliphatic rings. The van der Waals surface area contributed by atoms with Gasteiger partial charge in [0.25, 0.3) is 0 Å². The number of nitrogens with zero attached hydrogens (tertiary/aromatic N) is 2. The summed E-state index contributed by atoms with van der Waals surface area (Å²) in [7, 11) is 3.18. The van der Waals surface area contributed by atoms with Gasteiger partial charge in [0, 0.05) is 58.2 Å². The second-order valence-corrected chi connectivity index (χ2v) is 9.22. The number of rotatable bonds is 10. The van der Waals surface area contributed by atoms with Gasteiger partial charge >= 0.3 is 0 Å². The topological polar surface area (TPSA) is 71.1 Å². The van der Waals surface area contributed by atoms with E-state index < -0.39 is 0 Å². The molecule has 0 bridgehead atoms. The van der Waals surface area contributed by atoms with Crippen molar-refractivity contribution >= 4 is 11.8 Å². The Hall–Kier alpha value is -3.84. The maximum atomic E-state index is 12.7. The van der Waals surface area contributed by atoms with E-state index >= 15 is 0 Å². The molecule has 7 nitrogen and oxygen atoms in total. The first-order chi connectivity index (χ1) is 18.0. The van der Waals surface area contributed by atoms with Crippen molar-refractivity contribution in [2.45, 2.75) is 25.9 Å². The minimum Gasteiger partial charge on any atom is -0.497 e. The van der Waals surface area contributed by atoms with Gasteiger partial charge in [0.05, 0.1) is 14.2 Å². The monoisotopic (exact) mass is 501 g/mol. The van der Waals surface area contributed by atoms with Crippen LogP contribution in [0.3, 0.4) is 0 Å². The van der Waals surface area contributed by atoms with Gasteiger partial charge in [-0.25, -0.2) is 0 Å². The predicted octanol–water partition coefficient (Wildman–Crippen LogP) is 4.11. The number of piperazine rings is 1. The van der Waals surface area contributed by atoms with Crippen LogP contribution in [0.1, 0.15) is 24.0 Å². The SMILES string of the molecule is COc1cc(CNC(=O)CCC(=O)N2CCN(Cc3cccc(-c4ccccc4)c3)CC2)cc(OC)c1. The molecule has 1 heterocycles. The molecule has 3 aromatic rings. The minimum atomic E-state index is -0.146. The number of hydrogen-bond donors (Lipinski definition) is 1. The van der Waals surface area contributed by atoms with Crippen LogP contribution in [0.2, 0.25) is 0 Å². The van der Waals surface area contributed by atoms with Crippen molar-refractivity contribution in [1.82, 2.24) is 15.1 Å². The second-order valence-electron chi connectivity index (χ2n) is 9.22. The number of ether oxygens (including phenoxy) is 2. The highest BCUT2D eigenvalue weighted by Crippen LogP contribution is 2.23. The van der Waals surface area contributed by atoms with Crippen molar-refractivity contribution in [2.24, 2.45) is 0 Å². The van der Waals surface area contributed by atoms with Gasteiger partial charge in [0.15, 0.2) is 0 Å². The third-order valence-corrected chi connectivity index (χ3v) is 6.63. The van der Waals surface area contributed by atoms with E-state index in [1.807, 2.05) is 23.1 Å². The Morgan fingerprint density at radius 2 is 1.43 bits per heavy atom. The first kappa shape index (κ1) is 26.2. The van der Waals surface area contributed by atoms with E-state index in [1.54, 1.807) is 20.3 Å². The zero-order valence-corrected chi connectivity index (χ0v) is 21.6. The van der Waals surface area contributed by atoms with Gasteiger partial charge in [-0.15, -0.1) is 0 Å². The predicted molar refractivity (Wildman–Crippen MR) is 144 cm³/mol. The van der Waals surface area contributed by atoms with Gasteiger partial charge in [-0.2, -0.15) is 0 Å². The summed E-state index contributed by atoms with van der Waals surface area (Å²) in [6.45, 7) is 4.23. The number of carbonyl (C=O) groups excluding carboxylic acids is 2. The highest BCUT2D eigenvalue weighted by Gasteiger charge is 2.21. The lowest BCUT2D eigenvalue weighted by atomic mass is 10.0. The van der Waals surface area contributed by atoms with Crippen LogP contribution in [-0.4, -0.2) is 62.0 Å². The summed E-state index contributed by atoms with van der Waals surface area (Å²) in [4.78, 5) is 29.3. The number of benzene rings is 3. The Kier molecular flexibility index (Phi) is 9.16. The molecule has 194 valence electrons. The van der Waals surface area contributed by atoms with Gasteiger partial charge in [0.1, 0.15) is 11.5 Å². The Labute approximate surface area is 219 Å². The first-order valence-corrected chi connectivity index (χ1v) is 12.7. The van der Waals surface area contributed by atoms with Crippen molar-refractivity contribution in [3.05, 3.63) is 83.9 Å². The molecule has 3 aromatic carbocycles. The summed E-state index contributed by atoms with van der Waals surface area (Å²) in [6.07, 6.45) is 0.388. The normalized spacial score (nSPS) is 13.7. The third-order valence-electron chi connectivity index (χ3n) is 6.63. The Morgan fingerprint density at radius 3 is 2.11 bits per heavy atom. The standard InChI is InChI=1S/C30H35N3O4/c1-36-27-18-24(19-28(20-27)37-2)21-31-29(34)11-12-30(35)33-15-13-32(14-16-33)22-23-7-6-10-26(17-23)25-8-4-3-5-9-25/h3-10,17-20H,11-16,21-22H2,1-2H3,(H,31,34). The second kappa shape index (κ2) is 12.9. The minimum absolute atomic E-state index is 0.0314. The quantitative estimate of drug-likeness (QED) is 0.453. The molecule has 4 rings (SSSR count). The largest absolute Gasteiger partial charge is 0.497 e. The molecule has 1 saturated heterocycles. The van der Waals surface area contributed by atoms with Gasteiger partial charge in [0.2, 0.25) is 11.8 Å². The molecular formula is C30H35N3O4. The number of amides is 2. The van der Waals surface area contributed by atoms with E-state index in [-0.39, 0.29) is 24.7 Å².